The smallest absolute Gasteiger partial charge is 0.245 e. The Bertz CT molecular complexity index is 245. The second kappa shape index (κ2) is 7.34. The molecule has 0 heterocycles. The largest absolute Gasteiger partial charge is 0.337 e. The molecule has 1 rings (SSSR count). The van der Waals surface area contributed by atoms with Gasteiger partial charge in [0.15, 0.2) is 0 Å². The van der Waals surface area contributed by atoms with E-state index >= 15 is 0 Å². The van der Waals surface area contributed by atoms with Gasteiger partial charge in [0.2, 0.25) is 5.69 Å². The number of hydrogen-bond donors (Lipinski definition) is 1. The summed E-state index contributed by atoms with van der Waals surface area (Å²) in [6.45, 7) is 1.34. The molecule has 1 saturated carbocycles. The van der Waals surface area contributed by atoms with Crippen LogP contribution in [-0.2, 0) is 16.3 Å². The second-order valence-corrected chi connectivity index (χ2v) is 10.8. The fourth-order valence-electron chi connectivity index (χ4n) is 1.73. The molecule has 0 spiro atoms. The highest BCUT2D eigenvalue weighted by Crippen LogP contribution is 2.59. The quantitative estimate of drug-likeness (QED) is 0.758. The van der Waals surface area contributed by atoms with E-state index in [0.29, 0.717) is 11.9 Å². The first-order chi connectivity index (χ1) is 7.49. The van der Waals surface area contributed by atoms with Crippen LogP contribution in [0.1, 0.15) is 32.1 Å². The molecule has 96 valence electrons. The summed E-state index contributed by atoms with van der Waals surface area (Å²) in [5, 5.41) is 0.518. The van der Waals surface area contributed by atoms with Crippen LogP contribution in [0, 0.1) is 0 Å². The van der Waals surface area contributed by atoms with Gasteiger partial charge in [0.25, 0.3) is 0 Å². The Labute approximate surface area is 108 Å². The third-order valence-corrected chi connectivity index (χ3v) is 7.27. The zero-order valence-electron chi connectivity index (χ0n) is 10.1. The highest BCUT2D eigenvalue weighted by Gasteiger charge is 2.23. The van der Waals surface area contributed by atoms with Crippen molar-refractivity contribution in [2.75, 3.05) is 27.2 Å². The average Bonchev–Trinajstić information content (AvgIpc) is 2.17. The van der Waals surface area contributed by atoms with Crippen LogP contribution in [0.25, 0.3) is 0 Å². The number of nitrogens with zero attached hydrogens (tertiary/aromatic N) is 1. The van der Waals surface area contributed by atoms with Gasteiger partial charge in [-0.25, -0.2) is 0 Å². The molecule has 16 heavy (non-hydrogen) atoms. The molecule has 0 aromatic carbocycles. The predicted molar refractivity (Wildman–Crippen MR) is 75.5 cm³/mol. The highest BCUT2D eigenvalue weighted by molar-refractivity contribution is 8.67. The van der Waals surface area contributed by atoms with E-state index in [1.54, 1.807) is 0 Å². The van der Waals surface area contributed by atoms with Gasteiger partial charge in [-0.2, -0.15) is 0 Å². The zero-order chi connectivity index (χ0) is 12.0. The molecule has 1 atom stereocenters. The molecule has 1 fully saturated rings. The summed E-state index contributed by atoms with van der Waals surface area (Å²) >= 11 is 6.68. The van der Waals surface area contributed by atoms with Gasteiger partial charge in [-0.1, -0.05) is 30.6 Å². The molecule has 1 aliphatic carbocycles. The van der Waals surface area contributed by atoms with Crippen LogP contribution in [0.2, 0.25) is 0 Å². The Morgan fingerprint density at radius 1 is 1.38 bits per heavy atom. The lowest BCUT2D eigenvalue weighted by atomic mass is 10.0. The van der Waals surface area contributed by atoms with Crippen LogP contribution >= 0.6 is 17.1 Å². The maximum atomic E-state index is 10.0. The van der Waals surface area contributed by atoms with Crippen molar-refractivity contribution in [1.82, 2.24) is 4.90 Å². The Hall–Kier alpha value is 0.880. The Balaban J connectivity index is 2.24. The monoisotopic (exact) mass is 283 g/mol. The second-order valence-electron chi connectivity index (χ2n) is 4.47. The van der Waals surface area contributed by atoms with Crippen molar-refractivity contribution in [3.05, 3.63) is 0 Å². The first kappa shape index (κ1) is 14.9. The minimum Gasteiger partial charge on any atom is -0.337 e. The first-order valence-electron chi connectivity index (χ1n) is 5.80. The van der Waals surface area contributed by atoms with Crippen LogP contribution in [0.5, 0.6) is 0 Å². The van der Waals surface area contributed by atoms with Gasteiger partial charge < -0.3 is 14.3 Å². The Kier molecular flexibility index (Phi) is 6.86. The maximum Gasteiger partial charge on any atom is 0.245 e. The van der Waals surface area contributed by atoms with Crippen molar-refractivity contribution in [2.45, 2.75) is 37.4 Å². The van der Waals surface area contributed by atoms with E-state index in [1.165, 1.54) is 43.5 Å². The lowest BCUT2D eigenvalue weighted by Gasteiger charge is -2.25. The molecule has 0 aliphatic heterocycles. The predicted octanol–water partition coefficient (Wildman–Crippen LogP) is 2.85. The van der Waals surface area contributed by atoms with Gasteiger partial charge in [0, 0.05) is 11.8 Å². The van der Waals surface area contributed by atoms with Gasteiger partial charge in [0.1, 0.15) is 0 Å². The minimum absolute atomic E-state index is 0.518. The standard InChI is InChI=1S/C10H22NO2PS2/c1-11(2)8-9-13-14(12,15)16-10-6-4-3-5-7-10/h10H,3-9H2,1-2H3,(H,12,15). The van der Waals surface area contributed by atoms with E-state index in [-0.39, 0.29) is 0 Å². The molecular formula is C10H22NO2PS2. The molecule has 0 amide bonds. The molecule has 0 aromatic rings. The molecular weight excluding hydrogens is 261 g/mol. The van der Waals surface area contributed by atoms with Crippen LogP contribution in [0.3, 0.4) is 0 Å². The van der Waals surface area contributed by atoms with E-state index < -0.39 is 5.69 Å². The maximum absolute atomic E-state index is 10.0. The molecule has 3 nitrogen and oxygen atoms in total. The molecule has 1 unspecified atom stereocenters. The van der Waals surface area contributed by atoms with Gasteiger partial charge in [-0.3, -0.25) is 0 Å². The fourth-order valence-corrected chi connectivity index (χ4v) is 6.51. The van der Waals surface area contributed by atoms with Crippen LogP contribution in [0.4, 0.5) is 0 Å². The van der Waals surface area contributed by atoms with Crippen molar-refractivity contribution in [3.8, 4) is 0 Å². The highest BCUT2D eigenvalue weighted by atomic mass is 32.9. The van der Waals surface area contributed by atoms with Crippen LogP contribution in [-0.4, -0.2) is 42.3 Å². The topological polar surface area (TPSA) is 32.7 Å². The van der Waals surface area contributed by atoms with Crippen molar-refractivity contribution in [2.24, 2.45) is 0 Å². The summed E-state index contributed by atoms with van der Waals surface area (Å²) in [5.74, 6) is 0. The third-order valence-electron chi connectivity index (χ3n) is 2.63. The SMILES string of the molecule is CN(C)CCOP(O)(=S)SC1CCCCC1. The molecule has 0 saturated heterocycles. The van der Waals surface area contributed by atoms with Crippen LogP contribution in [0.15, 0.2) is 0 Å². The molecule has 1 aliphatic rings. The van der Waals surface area contributed by atoms with E-state index in [0.717, 1.165) is 6.54 Å². The van der Waals surface area contributed by atoms with E-state index in [1.807, 2.05) is 19.0 Å². The lowest BCUT2D eigenvalue weighted by molar-refractivity contribution is 0.265. The fraction of sp³-hybridized carbons (Fsp3) is 1.00. The van der Waals surface area contributed by atoms with Gasteiger partial charge >= 0.3 is 0 Å². The normalized spacial score (nSPS) is 22.2. The van der Waals surface area contributed by atoms with Gasteiger partial charge in [-0.05, 0) is 38.7 Å². The number of hydrogen-bond acceptors (Lipinski definition) is 4. The van der Waals surface area contributed by atoms with E-state index in [9.17, 15) is 4.89 Å². The van der Waals surface area contributed by atoms with Gasteiger partial charge in [0.05, 0.1) is 6.61 Å². The number of likely N-dealkylation sites (N-methyl/N-ethyl adjacent to an activating group) is 1. The zero-order valence-corrected chi connectivity index (χ0v) is 12.6. The van der Waals surface area contributed by atoms with Crippen molar-refractivity contribution < 1.29 is 9.42 Å². The minimum atomic E-state index is -2.59. The summed E-state index contributed by atoms with van der Waals surface area (Å²) in [5.41, 5.74) is -2.59. The third kappa shape index (κ3) is 6.58. The Morgan fingerprint density at radius 2 is 2.00 bits per heavy atom. The molecule has 0 aromatic heterocycles. The van der Waals surface area contributed by atoms with Crippen molar-refractivity contribution >= 4 is 28.9 Å². The Morgan fingerprint density at radius 3 is 2.56 bits per heavy atom. The van der Waals surface area contributed by atoms with Crippen molar-refractivity contribution in [1.29, 1.82) is 0 Å². The van der Waals surface area contributed by atoms with E-state index in [4.69, 9.17) is 16.3 Å². The number of rotatable bonds is 6. The molecule has 1 N–H and O–H groups in total. The average molecular weight is 283 g/mol. The summed E-state index contributed by atoms with van der Waals surface area (Å²) in [6.07, 6.45) is 6.23. The summed E-state index contributed by atoms with van der Waals surface area (Å²) < 4.78 is 5.45. The van der Waals surface area contributed by atoms with Crippen LogP contribution < -0.4 is 0 Å². The first-order valence-corrected chi connectivity index (χ1v) is 9.96. The summed E-state index contributed by atoms with van der Waals surface area (Å²) in [7, 11) is 3.97. The lowest BCUT2D eigenvalue weighted by Crippen LogP contribution is -2.17. The molecule has 0 bridgehead atoms. The van der Waals surface area contributed by atoms with E-state index in [2.05, 4.69) is 0 Å². The van der Waals surface area contributed by atoms with Crippen molar-refractivity contribution in [3.63, 3.8) is 0 Å². The van der Waals surface area contributed by atoms with Gasteiger partial charge in [-0.15, -0.1) is 0 Å². The summed E-state index contributed by atoms with van der Waals surface area (Å²) in [6, 6.07) is 0. The molecule has 6 heteroatoms. The molecule has 0 radical (unpaired) electrons. The summed E-state index contributed by atoms with van der Waals surface area (Å²) in [4.78, 5) is 12.1.